The maximum atomic E-state index is 2.53. The number of rotatable bonds is 2. The molecule has 1 nitrogen and oxygen atoms in total. The van der Waals surface area contributed by atoms with E-state index < -0.39 is 0 Å². The summed E-state index contributed by atoms with van der Waals surface area (Å²) in [6.45, 7) is 9.57. The Labute approximate surface area is 273 Å². The molecule has 8 aromatic rings. The maximum absolute atomic E-state index is 2.53. The van der Waals surface area contributed by atoms with Gasteiger partial charge in [-0.3, -0.25) is 0 Å². The molecule has 0 N–H and O–H groups in total. The predicted octanol–water partition coefficient (Wildman–Crippen LogP) is 12.3. The molecule has 0 saturated carbocycles. The van der Waals surface area contributed by atoms with E-state index in [1.807, 2.05) is 11.3 Å². The summed E-state index contributed by atoms with van der Waals surface area (Å²) in [7, 11) is 0. The Hall–Kier alpha value is -4.92. The number of hydrogen-bond donors (Lipinski definition) is 0. The third kappa shape index (κ3) is 3.25. The fourth-order valence-corrected chi connectivity index (χ4v) is 10.0. The van der Waals surface area contributed by atoms with Gasteiger partial charge in [-0.25, -0.2) is 0 Å². The van der Waals surface area contributed by atoms with Gasteiger partial charge in [-0.15, -0.1) is 11.3 Å². The first kappa shape index (κ1) is 26.3. The van der Waals surface area contributed by atoms with Gasteiger partial charge in [0.1, 0.15) is 0 Å². The van der Waals surface area contributed by atoms with Gasteiger partial charge in [0.15, 0.2) is 0 Å². The van der Waals surface area contributed by atoms with E-state index in [0.29, 0.717) is 0 Å². The lowest BCUT2D eigenvalue weighted by Crippen LogP contribution is -2.15. The third-order valence-electron chi connectivity index (χ3n) is 11.0. The number of thiophene rings is 1. The highest BCUT2D eigenvalue weighted by molar-refractivity contribution is 7.26. The Balaban J connectivity index is 1.15. The summed E-state index contributed by atoms with van der Waals surface area (Å²) in [5.41, 5.74) is 16.0. The highest BCUT2D eigenvalue weighted by Crippen LogP contribution is 2.55. The second-order valence-corrected chi connectivity index (χ2v) is 15.2. The fraction of sp³-hybridized carbons (Fsp3) is 0.136. The van der Waals surface area contributed by atoms with Gasteiger partial charge in [0, 0.05) is 47.6 Å². The largest absolute Gasteiger partial charge is 0.309 e. The maximum Gasteiger partial charge on any atom is 0.0584 e. The van der Waals surface area contributed by atoms with Gasteiger partial charge < -0.3 is 4.57 Å². The summed E-state index contributed by atoms with van der Waals surface area (Å²) in [5, 5.41) is 4.05. The average molecular weight is 608 g/mol. The van der Waals surface area contributed by atoms with E-state index in [0.717, 1.165) is 0 Å². The zero-order valence-electron chi connectivity index (χ0n) is 26.5. The summed E-state index contributed by atoms with van der Waals surface area (Å²) in [6.07, 6.45) is 0. The summed E-state index contributed by atoms with van der Waals surface area (Å²) < 4.78 is 5.25. The van der Waals surface area contributed by atoms with Crippen molar-refractivity contribution in [2.45, 2.75) is 38.5 Å². The zero-order chi connectivity index (χ0) is 30.9. The van der Waals surface area contributed by atoms with E-state index >= 15 is 0 Å². The molecule has 0 amide bonds. The quantitative estimate of drug-likeness (QED) is 0.184. The standard InChI is InChI=1S/C44H33NS/c1-43(2)36-24-26(28-15-11-16-32-31-12-7-10-19-39(31)46-42(28)32)20-22-29(36)30-23-21-27(25-37(30)43)45-38-18-9-6-14-34(38)40-41(45)33-13-5-8-17-35(33)44(40,3)4/h5-25H,1-4H3. The molecule has 0 bridgehead atoms. The average Bonchev–Trinajstić information content (AvgIpc) is 3.76. The SMILES string of the molecule is CC1(C)c2cc(-c3cccc4c3sc3ccccc34)ccc2-c2ccc(-n3c4c(c5ccccc53)C(C)(C)c3ccccc3-4)cc21. The van der Waals surface area contributed by atoms with Crippen molar-refractivity contribution in [1.82, 2.24) is 4.57 Å². The van der Waals surface area contributed by atoms with Gasteiger partial charge in [-0.2, -0.15) is 0 Å². The smallest absolute Gasteiger partial charge is 0.0584 e. The minimum Gasteiger partial charge on any atom is -0.309 e. The molecule has 0 atom stereocenters. The Bertz CT molecular complexity index is 2590. The molecular formula is C44H33NS. The molecule has 0 spiro atoms. The van der Waals surface area contributed by atoms with Crippen LogP contribution in [0.25, 0.3) is 70.3 Å². The Kier molecular flexibility index (Phi) is 5.07. The molecule has 2 heteroatoms. The third-order valence-corrected chi connectivity index (χ3v) is 12.2. The Morgan fingerprint density at radius 2 is 1.17 bits per heavy atom. The molecule has 0 unspecified atom stereocenters. The molecule has 2 aliphatic carbocycles. The lowest BCUT2D eigenvalue weighted by Gasteiger charge is -2.23. The van der Waals surface area contributed by atoms with Crippen molar-refractivity contribution in [3.63, 3.8) is 0 Å². The van der Waals surface area contributed by atoms with E-state index in [2.05, 4.69) is 160 Å². The normalized spacial score (nSPS) is 15.3. The predicted molar refractivity (Wildman–Crippen MR) is 197 cm³/mol. The van der Waals surface area contributed by atoms with Crippen LogP contribution in [0.5, 0.6) is 0 Å². The molecule has 2 aliphatic rings. The number of nitrogens with zero attached hydrogens (tertiary/aromatic N) is 1. The van der Waals surface area contributed by atoms with Gasteiger partial charge in [0.2, 0.25) is 0 Å². The topological polar surface area (TPSA) is 4.93 Å². The van der Waals surface area contributed by atoms with Gasteiger partial charge in [0.25, 0.3) is 0 Å². The Morgan fingerprint density at radius 1 is 0.500 bits per heavy atom. The van der Waals surface area contributed by atoms with Gasteiger partial charge >= 0.3 is 0 Å². The van der Waals surface area contributed by atoms with Gasteiger partial charge in [0.05, 0.1) is 11.2 Å². The fourth-order valence-electron chi connectivity index (χ4n) is 8.77. The van der Waals surface area contributed by atoms with E-state index in [1.165, 1.54) is 92.5 Å². The molecule has 10 rings (SSSR count). The van der Waals surface area contributed by atoms with E-state index in [9.17, 15) is 0 Å². The van der Waals surface area contributed by atoms with Crippen LogP contribution in [0.2, 0.25) is 0 Å². The van der Waals surface area contributed by atoms with Crippen LogP contribution >= 0.6 is 11.3 Å². The minimum atomic E-state index is -0.131. The van der Waals surface area contributed by atoms with E-state index in [4.69, 9.17) is 0 Å². The van der Waals surface area contributed by atoms with Crippen LogP contribution < -0.4 is 0 Å². The van der Waals surface area contributed by atoms with Crippen LogP contribution in [0.4, 0.5) is 0 Å². The number of aromatic nitrogens is 1. The van der Waals surface area contributed by atoms with Crippen molar-refractivity contribution in [2.24, 2.45) is 0 Å². The molecule has 0 radical (unpaired) electrons. The van der Waals surface area contributed by atoms with E-state index in [-0.39, 0.29) is 10.8 Å². The first-order chi connectivity index (χ1) is 22.3. The second kappa shape index (κ2) is 8.87. The van der Waals surface area contributed by atoms with Gasteiger partial charge in [-0.05, 0) is 74.8 Å². The molecule has 2 heterocycles. The summed E-state index contributed by atoms with van der Waals surface area (Å²) in [4.78, 5) is 0. The van der Waals surface area contributed by atoms with Crippen LogP contribution in [0, 0.1) is 0 Å². The van der Waals surface area contributed by atoms with Crippen molar-refractivity contribution < 1.29 is 0 Å². The van der Waals surface area contributed by atoms with Crippen molar-refractivity contribution in [1.29, 1.82) is 0 Å². The summed E-state index contributed by atoms with van der Waals surface area (Å²) in [6, 6.07) is 47.9. The lowest BCUT2D eigenvalue weighted by molar-refractivity contribution is 0.660. The molecule has 0 fully saturated rings. The molecule has 2 aromatic heterocycles. The van der Waals surface area contributed by atoms with Crippen molar-refractivity contribution in [3.8, 4) is 39.2 Å². The van der Waals surface area contributed by atoms with Crippen LogP contribution in [0.3, 0.4) is 0 Å². The summed E-state index contributed by atoms with van der Waals surface area (Å²) in [5.74, 6) is 0. The number of benzene rings is 6. The van der Waals surface area contributed by atoms with Crippen molar-refractivity contribution >= 4 is 42.4 Å². The molecule has 6 aromatic carbocycles. The monoisotopic (exact) mass is 607 g/mol. The number of fused-ring (bicyclic) bond motifs is 11. The molecule has 220 valence electrons. The first-order valence-electron chi connectivity index (χ1n) is 16.3. The molecule has 46 heavy (non-hydrogen) atoms. The molecule has 0 aliphatic heterocycles. The minimum absolute atomic E-state index is 0.0588. The van der Waals surface area contributed by atoms with E-state index in [1.54, 1.807) is 0 Å². The van der Waals surface area contributed by atoms with Gasteiger partial charge in [-0.1, -0.05) is 125 Å². The van der Waals surface area contributed by atoms with Crippen molar-refractivity contribution in [3.05, 3.63) is 150 Å². The zero-order valence-corrected chi connectivity index (χ0v) is 27.3. The van der Waals surface area contributed by atoms with Crippen molar-refractivity contribution in [2.75, 3.05) is 0 Å². The van der Waals surface area contributed by atoms with Crippen LogP contribution in [-0.2, 0) is 10.8 Å². The molecule has 0 saturated heterocycles. The van der Waals surface area contributed by atoms with Crippen LogP contribution in [0.15, 0.2) is 127 Å². The number of para-hydroxylation sites is 1. The first-order valence-corrected chi connectivity index (χ1v) is 17.1. The lowest BCUT2D eigenvalue weighted by atomic mass is 9.81. The van der Waals surface area contributed by atoms with Crippen LogP contribution in [-0.4, -0.2) is 4.57 Å². The highest BCUT2D eigenvalue weighted by Gasteiger charge is 2.41. The summed E-state index contributed by atoms with van der Waals surface area (Å²) >= 11 is 1.91. The highest BCUT2D eigenvalue weighted by atomic mass is 32.1. The van der Waals surface area contributed by atoms with Crippen LogP contribution in [0.1, 0.15) is 49.9 Å². The number of hydrogen-bond acceptors (Lipinski definition) is 1. The Morgan fingerprint density at radius 3 is 2.04 bits per heavy atom. The second-order valence-electron chi connectivity index (χ2n) is 14.1. The molecular weight excluding hydrogens is 575 g/mol.